The molecular weight excluding hydrogens is 450 g/mol. The van der Waals surface area contributed by atoms with Crippen molar-refractivity contribution < 1.29 is 0 Å². The molecule has 0 aliphatic rings. The summed E-state index contributed by atoms with van der Waals surface area (Å²) in [7, 11) is 0. The summed E-state index contributed by atoms with van der Waals surface area (Å²) in [4.78, 5) is 5.10. The lowest BCUT2D eigenvalue weighted by atomic mass is 9.89. The minimum Gasteiger partial charge on any atom is -0.292 e. The van der Waals surface area contributed by atoms with Crippen LogP contribution in [0, 0.1) is 11.3 Å². The van der Waals surface area contributed by atoms with Crippen molar-refractivity contribution in [2.45, 2.75) is 0 Å². The first-order valence-corrected chi connectivity index (χ1v) is 12.4. The van der Waals surface area contributed by atoms with Gasteiger partial charge in [-0.2, -0.15) is 5.26 Å². The van der Waals surface area contributed by atoms with Crippen molar-refractivity contribution in [1.82, 2.24) is 9.38 Å². The Kier molecular flexibility index (Phi) is 4.01. The fraction of sp³-hybridized carbons (Fsp3) is 0. The van der Waals surface area contributed by atoms with Gasteiger partial charge in [-0.05, 0) is 45.5 Å². The van der Waals surface area contributed by atoms with E-state index >= 15 is 0 Å². The maximum absolute atomic E-state index is 10.1. The van der Waals surface area contributed by atoms with Gasteiger partial charge >= 0.3 is 0 Å². The van der Waals surface area contributed by atoms with E-state index in [9.17, 15) is 5.26 Å². The van der Waals surface area contributed by atoms with E-state index in [-0.39, 0.29) is 0 Å². The molecule has 0 aliphatic heterocycles. The molecule has 0 unspecified atom stereocenters. The van der Waals surface area contributed by atoms with Gasteiger partial charge in [-0.15, -0.1) is 0 Å². The Hall–Kier alpha value is -5.20. The van der Waals surface area contributed by atoms with Crippen molar-refractivity contribution in [3.63, 3.8) is 0 Å². The molecular formula is C34H19N3. The van der Waals surface area contributed by atoms with Crippen LogP contribution in [-0.2, 0) is 0 Å². The molecule has 0 N–H and O–H groups in total. The summed E-state index contributed by atoms with van der Waals surface area (Å²) in [5.74, 6) is 0. The van der Waals surface area contributed by atoms with Crippen LogP contribution in [0.15, 0.2) is 115 Å². The highest BCUT2D eigenvalue weighted by Gasteiger charge is 2.17. The second kappa shape index (κ2) is 7.40. The maximum atomic E-state index is 10.1. The van der Waals surface area contributed by atoms with E-state index in [1.807, 2.05) is 24.3 Å². The Labute approximate surface area is 212 Å². The number of imidazole rings is 1. The molecule has 37 heavy (non-hydrogen) atoms. The number of nitrogens with zero attached hydrogens (tertiary/aromatic N) is 3. The molecule has 0 aliphatic carbocycles. The summed E-state index contributed by atoms with van der Waals surface area (Å²) in [5, 5.41) is 17.8. The number of benzene rings is 6. The summed E-state index contributed by atoms with van der Waals surface area (Å²) in [5.41, 5.74) is 7.14. The zero-order valence-corrected chi connectivity index (χ0v) is 19.8. The van der Waals surface area contributed by atoms with Crippen LogP contribution in [-0.4, -0.2) is 9.38 Å². The summed E-state index contributed by atoms with van der Waals surface area (Å²) >= 11 is 0. The van der Waals surface area contributed by atoms with Crippen LogP contribution in [0.3, 0.4) is 0 Å². The van der Waals surface area contributed by atoms with E-state index in [1.54, 1.807) is 0 Å². The lowest BCUT2D eigenvalue weighted by Gasteiger charge is -2.14. The highest BCUT2D eigenvalue weighted by molar-refractivity contribution is 6.17. The Morgan fingerprint density at radius 3 is 1.78 bits per heavy atom. The molecule has 3 nitrogen and oxygen atoms in total. The smallest absolute Gasteiger partial charge is 0.146 e. The van der Waals surface area contributed by atoms with Gasteiger partial charge in [0.05, 0.1) is 22.1 Å². The van der Waals surface area contributed by atoms with E-state index in [1.165, 1.54) is 10.8 Å². The van der Waals surface area contributed by atoms with Gasteiger partial charge in [0.2, 0.25) is 0 Å². The quantitative estimate of drug-likeness (QED) is 0.178. The topological polar surface area (TPSA) is 41.1 Å². The summed E-state index contributed by atoms with van der Waals surface area (Å²) < 4.78 is 2.30. The molecule has 0 radical (unpaired) electrons. The molecule has 0 spiro atoms. The zero-order valence-electron chi connectivity index (χ0n) is 19.8. The number of hydrogen-bond acceptors (Lipinski definition) is 2. The number of para-hydroxylation sites is 1. The molecule has 0 fully saturated rings. The molecule has 0 amide bonds. The van der Waals surface area contributed by atoms with E-state index < -0.39 is 0 Å². The fourth-order valence-electron chi connectivity index (χ4n) is 6.02. The Morgan fingerprint density at radius 1 is 0.541 bits per heavy atom. The monoisotopic (exact) mass is 469 g/mol. The number of nitriles is 1. The van der Waals surface area contributed by atoms with Crippen LogP contribution in [0.5, 0.6) is 0 Å². The maximum Gasteiger partial charge on any atom is 0.146 e. The van der Waals surface area contributed by atoms with Crippen LogP contribution in [0.1, 0.15) is 5.56 Å². The minimum absolute atomic E-state index is 0.725. The third-order valence-corrected chi connectivity index (χ3v) is 7.59. The fourth-order valence-corrected chi connectivity index (χ4v) is 6.02. The normalized spacial score (nSPS) is 11.8. The van der Waals surface area contributed by atoms with E-state index in [0.29, 0.717) is 0 Å². The standard InChI is InChI=1S/C34H19N3/c35-20-29-23-10-1-4-13-26(23)33(27-14-5-2-11-24(27)29)21-17-18-30-32(19-21)37-31-16-8-7-12-25(31)22-9-3-6-15-28(22)34(37)36-30/h1-19H. The highest BCUT2D eigenvalue weighted by atomic mass is 15.0. The van der Waals surface area contributed by atoms with Gasteiger partial charge in [-0.1, -0.05) is 97.1 Å². The van der Waals surface area contributed by atoms with Gasteiger partial charge in [-0.3, -0.25) is 4.40 Å². The predicted molar refractivity (Wildman–Crippen MR) is 153 cm³/mol. The summed E-state index contributed by atoms with van der Waals surface area (Å²) in [6.07, 6.45) is 0. The molecule has 3 heteroatoms. The summed E-state index contributed by atoms with van der Waals surface area (Å²) in [6.45, 7) is 0. The Bertz CT molecular complexity index is 2210. The third-order valence-electron chi connectivity index (χ3n) is 7.59. The average Bonchev–Trinajstić information content (AvgIpc) is 3.35. The first-order valence-electron chi connectivity index (χ1n) is 12.4. The number of rotatable bonds is 1. The zero-order chi connectivity index (χ0) is 24.5. The van der Waals surface area contributed by atoms with E-state index in [2.05, 4.69) is 101 Å². The number of pyridine rings is 1. The first kappa shape index (κ1) is 20.0. The number of aromatic nitrogens is 2. The van der Waals surface area contributed by atoms with Crippen LogP contribution in [0.4, 0.5) is 0 Å². The second-order valence-corrected chi connectivity index (χ2v) is 9.49. The molecule has 6 aromatic carbocycles. The highest BCUT2D eigenvalue weighted by Crippen LogP contribution is 2.40. The van der Waals surface area contributed by atoms with Crippen LogP contribution in [0.2, 0.25) is 0 Å². The van der Waals surface area contributed by atoms with E-state index in [4.69, 9.17) is 4.98 Å². The number of fused-ring (bicyclic) bond motifs is 10. The van der Waals surface area contributed by atoms with Crippen LogP contribution in [0.25, 0.3) is 71.0 Å². The summed E-state index contributed by atoms with van der Waals surface area (Å²) in [6, 6.07) is 42.5. The Morgan fingerprint density at radius 2 is 1.11 bits per heavy atom. The second-order valence-electron chi connectivity index (χ2n) is 9.49. The molecule has 8 aromatic rings. The SMILES string of the molecule is N#Cc1c2ccccc2c(-c2ccc3nc4c5ccccc5c5ccccc5n4c3c2)c2ccccc12. The molecule has 8 rings (SSSR count). The van der Waals surface area contributed by atoms with Gasteiger partial charge in [0.1, 0.15) is 11.7 Å². The van der Waals surface area contributed by atoms with E-state index in [0.717, 1.165) is 65.8 Å². The molecule has 0 saturated carbocycles. The Balaban J connectivity index is 1.56. The lowest BCUT2D eigenvalue weighted by molar-refractivity contribution is 1.31. The van der Waals surface area contributed by atoms with Crippen molar-refractivity contribution in [2.24, 2.45) is 0 Å². The van der Waals surface area contributed by atoms with Crippen LogP contribution >= 0.6 is 0 Å². The largest absolute Gasteiger partial charge is 0.292 e. The molecule has 0 bridgehead atoms. The third kappa shape index (κ3) is 2.67. The van der Waals surface area contributed by atoms with Gasteiger partial charge < -0.3 is 0 Å². The van der Waals surface area contributed by atoms with Crippen LogP contribution < -0.4 is 0 Å². The van der Waals surface area contributed by atoms with Gasteiger partial charge in [0, 0.05) is 21.5 Å². The van der Waals surface area contributed by atoms with Crippen molar-refractivity contribution in [3.05, 3.63) is 121 Å². The van der Waals surface area contributed by atoms with Crippen molar-refractivity contribution >= 4 is 59.9 Å². The molecule has 2 heterocycles. The van der Waals surface area contributed by atoms with Crippen molar-refractivity contribution in [2.75, 3.05) is 0 Å². The molecule has 170 valence electrons. The lowest BCUT2D eigenvalue weighted by Crippen LogP contribution is -1.92. The van der Waals surface area contributed by atoms with Crippen molar-refractivity contribution in [3.8, 4) is 17.2 Å². The van der Waals surface area contributed by atoms with Gasteiger partial charge in [0.15, 0.2) is 0 Å². The van der Waals surface area contributed by atoms with Gasteiger partial charge in [-0.25, -0.2) is 4.98 Å². The molecule has 0 saturated heterocycles. The molecule has 2 aromatic heterocycles. The number of hydrogen-bond donors (Lipinski definition) is 0. The van der Waals surface area contributed by atoms with Crippen molar-refractivity contribution in [1.29, 1.82) is 5.26 Å². The minimum atomic E-state index is 0.725. The average molecular weight is 470 g/mol. The first-order chi connectivity index (χ1) is 18.3. The predicted octanol–water partition coefficient (Wildman–Crippen LogP) is 8.64. The van der Waals surface area contributed by atoms with Gasteiger partial charge in [0.25, 0.3) is 0 Å². The molecule has 0 atom stereocenters.